The van der Waals surface area contributed by atoms with Crippen LogP contribution in [0.1, 0.15) is 36.4 Å². The number of thiazole rings is 1. The van der Waals surface area contributed by atoms with Crippen molar-refractivity contribution in [1.29, 1.82) is 0 Å². The number of nitrogens with zero attached hydrogens (tertiary/aromatic N) is 3. The quantitative estimate of drug-likeness (QED) is 0.880. The molecule has 2 rings (SSSR count). The summed E-state index contributed by atoms with van der Waals surface area (Å²) in [6, 6.07) is 0. The molecule has 2 N–H and O–H groups in total. The smallest absolute Gasteiger partial charge is 0.347 e. The third-order valence-electron chi connectivity index (χ3n) is 2.92. The van der Waals surface area contributed by atoms with Gasteiger partial charge in [0.25, 0.3) is 5.91 Å². The van der Waals surface area contributed by atoms with Crippen LogP contribution in [0, 0.1) is 13.8 Å². The van der Waals surface area contributed by atoms with Gasteiger partial charge >= 0.3 is 5.97 Å². The summed E-state index contributed by atoms with van der Waals surface area (Å²) in [5.74, 6) is -1.25. The number of carboxylic acids is 1. The van der Waals surface area contributed by atoms with E-state index in [1.807, 2.05) is 0 Å². The first kappa shape index (κ1) is 14.2. The number of hydrogen-bond donors (Lipinski definition) is 2. The fourth-order valence-corrected chi connectivity index (χ4v) is 2.54. The van der Waals surface area contributed by atoms with Gasteiger partial charge in [0.05, 0.1) is 24.0 Å². The van der Waals surface area contributed by atoms with Gasteiger partial charge in [-0.25, -0.2) is 9.78 Å². The third kappa shape index (κ3) is 2.69. The van der Waals surface area contributed by atoms with E-state index in [9.17, 15) is 9.59 Å². The number of aromatic carboxylic acids is 1. The fraction of sp³-hybridized carbons (Fsp3) is 0.333. The molecule has 0 unspecified atom stereocenters. The molecule has 0 aliphatic carbocycles. The van der Waals surface area contributed by atoms with Crippen LogP contribution in [0.15, 0.2) is 6.20 Å². The third-order valence-corrected chi connectivity index (χ3v) is 4.06. The van der Waals surface area contributed by atoms with Crippen molar-refractivity contribution < 1.29 is 14.7 Å². The van der Waals surface area contributed by atoms with Crippen LogP contribution < -0.4 is 5.32 Å². The maximum Gasteiger partial charge on any atom is 0.347 e. The van der Waals surface area contributed by atoms with Crippen LogP contribution in [0.5, 0.6) is 0 Å². The van der Waals surface area contributed by atoms with Crippen LogP contribution in [0.2, 0.25) is 0 Å². The first-order chi connectivity index (χ1) is 9.40. The standard InChI is InChI=1S/C12H14N4O3S/c1-6-10(12(18)19)20-9(15-6)5-13-11(17)8-4-14-16(3)7(8)2/h4H,5H2,1-3H3,(H,13,17)(H,18,19). The summed E-state index contributed by atoms with van der Waals surface area (Å²) >= 11 is 1.07. The summed E-state index contributed by atoms with van der Waals surface area (Å²) in [6.07, 6.45) is 1.50. The van der Waals surface area contributed by atoms with Crippen molar-refractivity contribution in [1.82, 2.24) is 20.1 Å². The van der Waals surface area contributed by atoms with E-state index in [0.717, 1.165) is 17.0 Å². The van der Waals surface area contributed by atoms with E-state index in [4.69, 9.17) is 5.11 Å². The van der Waals surface area contributed by atoms with Gasteiger partial charge in [0.2, 0.25) is 0 Å². The number of nitrogens with one attached hydrogen (secondary N) is 1. The zero-order valence-electron chi connectivity index (χ0n) is 11.3. The van der Waals surface area contributed by atoms with Crippen LogP contribution >= 0.6 is 11.3 Å². The Morgan fingerprint density at radius 3 is 2.65 bits per heavy atom. The maximum absolute atomic E-state index is 12.0. The SMILES string of the molecule is Cc1nc(CNC(=O)c2cnn(C)c2C)sc1C(=O)O. The van der Waals surface area contributed by atoms with Crippen LogP contribution in [-0.4, -0.2) is 31.7 Å². The zero-order valence-corrected chi connectivity index (χ0v) is 12.1. The molecule has 20 heavy (non-hydrogen) atoms. The Bertz CT molecular complexity index is 674. The number of carbonyl (C=O) groups is 2. The van der Waals surface area contributed by atoms with E-state index in [1.165, 1.54) is 6.20 Å². The average Bonchev–Trinajstić information content (AvgIpc) is 2.91. The highest BCUT2D eigenvalue weighted by Gasteiger charge is 2.16. The van der Waals surface area contributed by atoms with Gasteiger partial charge in [0, 0.05) is 12.7 Å². The van der Waals surface area contributed by atoms with Crippen LogP contribution in [-0.2, 0) is 13.6 Å². The molecule has 0 saturated carbocycles. The molecular weight excluding hydrogens is 280 g/mol. The number of aryl methyl sites for hydroxylation is 2. The molecule has 7 nitrogen and oxygen atoms in total. The van der Waals surface area contributed by atoms with Crippen molar-refractivity contribution in [2.45, 2.75) is 20.4 Å². The van der Waals surface area contributed by atoms with Gasteiger partial charge in [0.15, 0.2) is 0 Å². The second kappa shape index (κ2) is 5.41. The van der Waals surface area contributed by atoms with E-state index < -0.39 is 5.97 Å². The van der Waals surface area contributed by atoms with Gasteiger partial charge < -0.3 is 10.4 Å². The minimum atomic E-state index is -0.999. The van der Waals surface area contributed by atoms with E-state index in [-0.39, 0.29) is 17.3 Å². The molecule has 0 spiro atoms. The summed E-state index contributed by atoms with van der Waals surface area (Å²) < 4.78 is 1.62. The van der Waals surface area contributed by atoms with Crippen LogP contribution in [0.4, 0.5) is 0 Å². The van der Waals surface area contributed by atoms with Crippen molar-refractivity contribution in [3.63, 3.8) is 0 Å². The predicted molar refractivity (Wildman–Crippen MR) is 72.9 cm³/mol. The Balaban J connectivity index is 2.05. The average molecular weight is 294 g/mol. The van der Waals surface area contributed by atoms with Crippen LogP contribution in [0.3, 0.4) is 0 Å². The van der Waals surface area contributed by atoms with Gasteiger partial charge in [-0.1, -0.05) is 0 Å². The molecule has 0 saturated heterocycles. The molecule has 0 atom stereocenters. The fourth-order valence-electron chi connectivity index (χ4n) is 1.70. The number of amides is 1. The monoisotopic (exact) mass is 294 g/mol. The molecule has 0 aromatic carbocycles. The molecule has 106 valence electrons. The lowest BCUT2D eigenvalue weighted by Crippen LogP contribution is -2.23. The Morgan fingerprint density at radius 1 is 1.45 bits per heavy atom. The minimum Gasteiger partial charge on any atom is -0.477 e. The van der Waals surface area contributed by atoms with Crippen molar-refractivity contribution >= 4 is 23.2 Å². The molecule has 1 amide bonds. The summed E-state index contributed by atoms with van der Waals surface area (Å²) in [5.41, 5.74) is 1.73. The van der Waals surface area contributed by atoms with Gasteiger partial charge in [-0.3, -0.25) is 9.48 Å². The van der Waals surface area contributed by atoms with Gasteiger partial charge in [-0.15, -0.1) is 11.3 Å². The van der Waals surface area contributed by atoms with E-state index in [1.54, 1.807) is 25.6 Å². The Kier molecular flexibility index (Phi) is 3.84. The van der Waals surface area contributed by atoms with Gasteiger partial charge in [-0.05, 0) is 13.8 Å². The minimum absolute atomic E-state index is 0.200. The Labute approximate surface area is 119 Å². The number of carbonyl (C=O) groups excluding carboxylic acids is 1. The Hall–Kier alpha value is -2.22. The highest BCUT2D eigenvalue weighted by Crippen LogP contribution is 2.18. The van der Waals surface area contributed by atoms with Crippen LogP contribution in [0.25, 0.3) is 0 Å². The molecule has 0 bridgehead atoms. The highest BCUT2D eigenvalue weighted by molar-refractivity contribution is 7.13. The van der Waals surface area contributed by atoms with Crippen molar-refractivity contribution in [3.8, 4) is 0 Å². The molecule has 0 aliphatic rings. The lowest BCUT2D eigenvalue weighted by atomic mass is 10.2. The van der Waals surface area contributed by atoms with Gasteiger partial charge in [-0.2, -0.15) is 5.10 Å². The molecule has 0 fully saturated rings. The first-order valence-electron chi connectivity index (χ1n) is 5.86. The first-order valence-corrected chi connectivity index (χ1v) is 6.68. The Morgan fingerprint density at radius 2 is 2.15 bits per heavy atom. The number of rotatable bonds is 4. The summed E-state index contributed by atoms with van der Waals surface area (Å²) in [4.78, 5) is 27.2. The largest absolute Gasteiger partial charge is 0.477 e. The summed E-state index contributed by atoms with van der Waals surface area (Å²) in [5, 5.41) is 16.2. The molecular formula is C12H14N4O3S. The van der Waals surface area contributed by atoms with E-state index in [0.29, 0.717) is 16.3 Å². The maximum atomic E-state index is 12.0. The zero-order chi connectivity index (χ0) is 14.9. The second-order valence-corrected chi connectivity index (χ2v) is 5.36. The number of carboxylic acid groups (broad SMARTS) is 1. The molecule has 2 aromatic heterocycles. The summed E-state index contributed by atoms with van der Waals surface area (Å²) in [7, 11) is 1.76. The molecule has 2 aromatic rings. The molecule has 2 heterocycles. The number of hydrogen-bond acceptors (Lipinski definition) is 5. The van der Waals surface area contributed by atoms with E-state index >= 15 is 0 Å². The predicted octanol–water partition coefficient (Wildman–Crippen LogP) is 1.12. The van der Waals surface area contributed by atoms with Crippen molar-refractivity contribution in [2.24, 2.45) is 7.05 Å². The van der Waals surface area contributed by atoms with Gasteiger partial charge in [0.1, 0.15) is 9.88 Å². The molecule has 0 aliphatic heterocycles. The summed E-state index contributed by atoms with van der Waals surface area (Å²) in [6.45, 7) is 3.64. The lowest BCUT2D eigenvalue weighted by Gasteiger charge is -2.02. The highest BCUT2D eigenvalue weighted by atomic mass is 32.1. The van der Waals surface area contributed by atoms with Crippen molar-refractivity contribution in [2.75, 3.05) is 0 Å². The lowest BCUT2D eigenvalue weighted by molar-refractivity contribution is 0.0701. The van der Waals surface area contributed by atoms with Crippen molar-refractivity contribution in [3.05, 3.63) is 33.0 Å². The molecule has 0 radical (unpaired) electrons. The molecule has 8 heteroatoms. The number of aromatic nitrogens is 3. The van der Waals surface area contributed by atoms with E-state index in [2.05, 4.69) is 15.4 Å². The topological polar surface area (TPSA) is 97.1 Å². The second-order valence-electron chi connectivity index (χ2n) is 4.28. The normalized spacial score (nSPS) is 10.6.